The highest BCUT2D eigenvalue weighted by atomic mass is 19.4. The fraction of sp³-hybridized carbons (Fsp3) is 0.423. The molecule has 2 aliphatic rings. The molecule has 1 unspecified atom stereocenters. The number of fused-ring (bicyclic) bond motifs is 1. The lowest BCUT2D eigenvalue weighted by Gasteiger charge is -2.36. The van der Waals surface area contributed by atoms with Gasteiger partial charge in [-0.25, -0.2) is 4.98 Å². The van der Waals surface area contributed by atoms with Crippen LogP contribution >= 0.6 is 0 Å². The quantitative estimate of drug-likeness (QED) is 0.560. The summed E-state index contributed by atoms with van der Waals surface area (Å²) in [5.41, 5.74) is 1.78. The minimum absolute atomic E-state index is 0.111. The second-order valence-electron chi connectivity index (χ2n) is 9.50. The zero-order valence-electron chi connectivity index (χ0n) is 19.7. The lowest BCUT2D eigenvalue weighted by atomic mass is 9.89. The predicted octanol–water partition coefficient (Wildman–Crippen LogP) is 3.79. The van der Waals surface area contributed by atoms with Crippen molar-refractivity contribution in [2.24, 2.45) is 0 Å². The molecule has 1 aromatic heterocycles. The third kappa shape index (κ3) is 5.23. The number of nitrogens with one attached hydrogen (secondary N) is 2. The number of aromatic amines is 1. The van der Waals surface area contributed by atoms with E-state index in [1.165, 1.54) is 23.8 Å². The van der Waals surface area contributed by atoms with E-state index in [1.807, 2.05) is 6.07 Å². The highest BCUT2D eigenvalue weighted by Gasteiger charge is 2.35. The predicted molar refractivity (Wildman–Crippen MR) is 128 cm³/mol. The van der Waals surface area contributed by atoms with Gasteiger partial charge in [0.1, 0.15) is 0 Å². The molecule has 5 rings (SSSR count). The summed E-state index contributed by atoms with van der Waals surface area (Å²) in [5, 5.41) is 2.60. The summed E-state index contributed by atoms with van der Waals surface area (Å²) in [6, 6.07) is 15.0. The van der Waals surface area contributed by atoms with Crippen LogP contribution in [0.15, 0.2) is 48.5 Å². The first-order valence-corrected chi connectivity index (χ1v) is 12.2. The molecular weight excluding hydrogens is 471 g/mol. The summed E-state index contributed by atoms with van der Waals surface area (Å²) < 4.78 is 38.6. The number of nitrogens with zero attached hydrogens (tertiary/aromatic N) is 3. The second kappa shape index (κ2) is 9.93. The molecule has 0 aliphatic carbocycles. The Balaban J connectivity index is 1.10. The Morgan fingerprint density at radius 1 is 1.03 bits per heavy atom. The van der Waals surface area contributed by atoms with Gasteiger partial charge in [0.15, 0.2) is 0 Å². The van der Waals surface area contributed by atoms with Gasteiger partial charge in [-0.15, -0.1) is 0 Å². The fourth-order valence-corrected chi connectivity index (χ4v) is 5.24. The minimum atomic E-state index is -4.60. The third-order valence-corrected chi connectivity index (χ3v) is 7.25. The van der Waals surface area contributed by atoms with E-state index in [0.717, 1.165) is 32.4 Å². The maximum Gasteiger partial charge on any atom is 0.449 e. The van der Waals surface area contributed by atoms with E-state index in [2.05, 4.69) is 44.5 Å². The van der Waals surface area contributed by atoms with Gasteiger partial charge in [0.25, 0.3) is 5.91 Å². The smallest absolute Gasteiger partial charge is 0.343 e. The first-order valence-electron chi connectivity index (χ1n) is 12.2. The molecule has 1 atom stereocenters. The number of benzene rings is 2. The number of H-pyrrole nitrogens is 1. The Kier molecular flexibility index (Phi) is 6.70. The normalized spacial score (nSPS) is 19.6. The van der Waals surface area contributed by atoms with Crippen LogP contribution < -0.4 is 5.32 Å². The van der Waals surface area contributed by atoms with Crippen LogP contribution in [0, 0.1) is 0 Å². The van der Waals surface area contributed by atoms with Crippen molar-refractivity contribution in [1.82, 2.24) is 25.1 Å². The van der Waals surface area contributed by atoms with E-state index in [0.29, 0.717) is 25.0 Å². The molecule has 0 spiro atoms. The van der Waals surface area contributed by atoms with Crippen molar-refractivity contribution < 1.29 is 22.8 Å². The Hall–Kier alpha value is -3.40. The monoisotopic (exact) mass is 499 g/mol. The van der Waals surface area contributed by atoms with E-state index in [1.54, 1.807) is 4.90 Å². The van der Waals surface area contributed by atoms with Crippen LogP contribution in [-0.2, 0) is 11.0 Å². The molecule has 2 N–H and O–H groups in total. The van der Waals surface area contributed by atoms with Crippen molar-refractivity contribution in [2.45, 2.75) is 37.4 Å². The number of aromatic nitrogens is 2. The van der Waals surface area contributed by atoms with Gasteiger partial charge in [0.05, 0.1) is 17.6 Å². The number of alkyl halides is 3. The summed E-state index contributed by atoms with van der Waals surface area (Å²) in [7, 11) is 0. The SMILES string of the molecule is O=C(NCC(=O)N1CCC(N2CCC(c3ccccc3)CC2)C1)c1ccc2nc(C(F)(F)F)[nH]c2c1. The number of amides is 2. The summed E-state index contributed by atoms with van der Waals surface area (Å²) in [4.78, 5) is 35.2. The zero-order chi connectivity index (χ0) is 25.3. The van der Waals surface area contributed by atoms with Crippen LogP contribution in [0.5, 0.6) is 0 Å². The van der Waals surface area contributed by atoms with Crippen molar-refractivity contribution in [3.05, 3.63) is 65.5 Å². The first-order chi connectivity index (χ1) is 17.3. The maximum atomic E-state index is 12.9. The Morgan fingerprint density at radius 2 is 1.78 bits per heavy atom. The fourth-order valence-electron chi connectivity index (χ4n) is 5.24. The van der Waals surface area contributed by atoms with Crippen LogP contribution in [0.1, 0.15) is 46.9 Å². The maximum absolute atomic E-state index is 12.9. The van der Waals surface area contributed by atoms with Crippen molar-refractivity contribution in [3.8, 4) is 0 Å². The van der Waals surface area contributed by atoms with Crippen LogP contribution in [-0.4, -0.2) is 70.3 Å². The highest BCUT2D eigenvalue weighted by molar-refractivity contribution is 5.99. The average Bonchev–Trinajstić information content (AvgIpc) is 3.55. The van der Waals surface area contributed by atoms with Crippen LogP contribution in [0.3, 0.4) is 0 Å². The minimum Gasteiger partial charge on any atom is -0.343 e. The molecule has 36 heavy (non-hydrogen) atoms. The van der Waals surface area contributed by atoms with Gasteiger partial charge >= 0.3 is 6.18 Å². The standard InChI is InChI=1S/C26H28F3N5O2/c27-26(28,29)25-31-21-7-6-19(14-22(21)32-25)24(36)30-15-23(35)34-13-10-20(16-34)33-11-8-18(9-12-33)17-4-2-1-3-5-17/h1-7,14,18,20H,8-13,15-16H2,(H,30,36)(H,31,32). The molecule has 3 aromatic rings. The molecule has 2 fully saturated rings. The summed E-state index contributed by atoms with van der Waals surface area (Å²) in [6.45, 7) is 3.16. The molecule has 10 heteroatoms. The lowest BCUT2D eigenvalue weighted by Crippen LogP contribution is -2.44. The van der Waals surface area contributed by atoms with Crippen molar-refractivity contribution in [1.29, 1.82) is 0 Å². The Labute approximate surface area is 206 Å². The van der Waals surface area contributed by atoms with Gasteiger partial charge in [-0.1, -0.05) is 30.3 Å². The Bertz CT molecular complexity index is 1240. The van der Waals surface area contributed by atoms with E-state index in [9.17, 15) is 22.8 Å². The van der Waals surface area contributed by atoms with Gasteiger partial charge in [-0.05, 0) is 62.0 Å². The number of hydrogen-bond donors (Lipinski definition) is 2. The number of imidazole rings is 1. The van der Waals surface area contributed by atoms with E-state index >= 15 is 0 Å². The Morgan fingerprint density at radius 3 is 2.50 bits per heavy atom. The molecule has 2 amide bonds. The molecule has 0 saturated carbocycles. The average molecular weight is 500 g/mol. The molecule has 7 nitrogen and oxygen atoms in total. The molecule has 2 aromatic carbocycles. The number of halogens is 3. The van der Waals surface area contributed by atoms with Crippen LogP contribution in [0.2, 0.25) is 0 Å². The van der Waals surface area contributed by atoms with Gasteiger partial charge < -0.3 is 15.2 Å². The topological polar surface area (TPSA) is 81.3 Å². The number of rotatable bonds is 5. The highest BCUT2D eigenvalue weighted by Crippen LogP contribution is 2.31. The number of likely N-dealkylation sites (tertiary alicyclic amines) is 2. The summed E-state index contributed by atoms with van der Waals surface area (Å²) in [5.74, 6) is -1.21. The number of carbonyl (C=O) groups excluding carboxylic acids is 2. The van der Waals surface area contributed by atoms with Crippen molar-refractivity contribution >= 4 is 22.8 Å². The van der Waals surface area contributed by atoms with Crippen molar-refractivity contribution in [3.63, 3.8) is 0 Å². The van der Waals surface area contributed by atoms with E-state index < -0.39 is 17.9 Å². The molecule has 3 heterocycles. The number of piperidine rings is 1. The van der Waals surface area contributed by atoms with Gasteiger partial charge in [-0.2, -0.15) is 13.2 Å². The summed E-state index contributed by atoms with van der Waals surface area (Å²) >= 11 is 0. The first kappa shape index (κ1) is 24.3. The molecule has 0 bridgehead atoms. The second-order valence-corrected chi connectivity index (χ2v) is 9.50. The van der Waals surface area contributed by atoms with Gasteiger partial charge in [0.2, 0.25) is 11.7 Å². The lowest BCUT2D eigenvalue weighted by molar-refractivity contribution is -0.144. The van der Waals surface area contributed by atoms with Crippen LogP contribution in [0.25, 0.3) is 11.0 Å². The van der Waals surface area contributed by atoms with E-state index in [-0.39, 0.29) is 29.0 Å². The van der Waals surface area contributed by atoms with Gasteiger partial charge in [-0.3, -0.25) is 14.5 Å². The number of carbonyl (C=O) groups is 2. The summed E-state index contributed by atoms with van der Waals surface area (Å²) in [6.07, 6.45) is -1.47. The third-order valence-electron chi connectivity index (χ3n) is 7.25. The molecule has 190 valence electrons. The zero-order valence-corrected chi connectivity index (χ0v) is 19.7. The molecular formula is C26H28F3N5O2. The van der Waals surface area contributed by atoms with E-state index in [4.69, 9.17) is 0 Å². The van der Waals surface area contributed by atoms with Crippen LogP contribution in [0.4, 0.5) is 13.2 Å². The molecule has 2 aliphatic heterocycles. The largest absolute Gasteiger partial charge is 0.449 e. The van der Waals surface area contributed by atoms with Crippen molar-refractivity contribution in [2.75, 3.05) is 32.7 Å². The number of hydrogen-bond acceptors (Lipinski definition) is 4. The molecule has 0 radical (unpaired) electrons. The molecule has 2 saturated heterocycles. The van der Waals surface area contributed by atoms with Gasteiger partial charge in [0, 0.05) is 24.7 Å².